The summed E-state index contributed by atoms with van der Waals surface area (Å²) < 4.78 is 22.0. The number of imide groups is 1. The van der Waals surface area contributed by atoms with Gasteiger partial charge in [-0.25, -0.2) is 0 Å². The number of hydrogen-bond donors (Lipinski definition) is 1. The number of epoxide rings is 1. The highest BCUT2D eigenvalue weighted by molar-refractivity contribution is 6.13. The Hall–Kier alpha value is -3.69. The number of nitrogens with zero attached hydrogens (tertiary/aromatic N) is 1. The number of ether oxygens (including phenoxy) is 4. The zero-order chi connectivity index (χ0) is 30.0. The van der Waals surface area contributed by atoms with E-state index in [0.717, 1.165) is 28.4 Å². The van der Waals surface area contributed by atoms with E-state index in [1.165, 1.54) is 12.2 Å². The summed E-state index contributed by atoms with van der Waals surface area (Å²) in [4.78, 5) is 38.4. The van der Waals surface area contributed by atoms with Crippen LogP contribution < -0.4 is 9.47 Å². The molecule has 2 aliphatic rings. The SMILES string of the molecule is CC(C)(c1ccc(OCC(O)COC(=O)C(C)(C)C(C)(C)N2C(=O)C=CC2=O)cc1)c1ccc(OCC2CO2)cc1. The van der Waals surface area contributed by atoms with Crippen LogP contribution in [0.5, 0.6) is 11.5 Å². The average molecular weight is 566 g/mol. The van der Waals surface area contributed by atoms with E-state index in [4.69, 9.17) is 18.9 Å². The first-order valence-corrected chi connectivity index (χ1v) is 13.7. The van der Waals surface area contributed by atoms with Gasteiger partial charge < -0.3 is 24.1 Å². The van der Waals surface area contributed by atoms with E-state index in [1.54, 1.807) is 27.7 Å². The Balaban J connectivity index is 1.27. The van der Waals surface area contributed by atoms with Crippen molar-refractivity contribution in [1.29, 1.82) is 0 Å². The van der Waals surface area contributed by atoms with E-state index in [0.29, 0.717) is 12.4 Å². The molecule has 2 aromatic carbocycles. The molecule has 2 atom stereocenters. The molecule has 0 saturated carbocycles. The molecule has 1 fully saturated rings. The number of carbonyl (C=O) groups is 3. The summed E-state index contributed by atoms with van der Waals surface area (Å²) in [5.74, 6) is -0.217. The van der Waals surface area contributed by atoms with Crippen LogP contribution in [0, 0.1) is 5.41 Å². The summed E-state index contributed by atoms with van der Waals surface area (Å²) in [7, 11) is 0. The molecular formula is C32H39NO8. The van der Waals surface area contributed by atoms with Gasteiger partial charge in [0.2, 0.25) is 0 Å². The minimum Gasteiger partial charge on any atom is -0.491 e. The molecule has 0 spiro atoms. The number of carbonyl (C=O) groups excluding carboxylic acids is 3. The number of benzene rings is 2. The molecule has 9 nitrogen and oxygen atoms in total. The van der Waals surface area contributed by atoms with Crippen molar-refractivity contribution in [2.45, 2.75) is 64.7 Å². The largest absolute Gasteiger partial charge is 0.491 e. The van der Waals surface area contributed by atoms with Gasteiger partial charge in [0.1, 0.15) is 43.5 Å². The van der Waals surface area contributed by atoms with E-state index < -0.39 is 34.8 Å². The minimum absolute atomic E-state index is 0.0831. The lowest BCUT2D eigenvalue weighted by atomic mass is 9.73. The minimum atomic E-state index is -1.23. The van der Waals surface area contributed by atoms with Gasteiger partial charge in [0.25, 0.3) is 11.8 Å². The van der Waals surface area contributed by atoms with Gasteiger partial charge in [-0.2, -0.15) is 0 Å². The second-order valence-electron chi connectivity index (χ2n) is 12.0. The molecule has 1 saturated heterocycles. The van der Waals surface area contributed by atoms with Gasteiger partial charge in [0, 0.05) is 17.6 Å². The van der Waals surface area contributed by atoms with Crippen LogP contribution in [-0.2, 0) is 29.3 Å². The van der Waals surface area contributed by atoms with Gasteiger partial charge in [-0.3, -0.25) is 19.3 Å². The van der Waals surface area contributed by atoms with Crippen LogP contribution in [0.3, 0.4) is 0 Å². The maximum absolute atomic E-state index is 12.9. The van der Waals surface area contributed by atoms with Crippen LogP contribution in [0.1, 0.15) is 52.7 Å². The second-order valence-corrected chi connectivity index (χ2v) is 12.0. The first-order chi connectivity index (χ1) is 19.2. The van der Waals surface area contributed by atoms with Crippen molar-refractivity contribution in [3.05, 3.63) is 71.8 Å². The Morgan fingerprint density at radius 2 is 1.37 bits per heavy atom. The molecular weight excluding hydrogens is 526 g/mol. The lowest BCUT2D eigenvalue weighted by Gasteiger charge is -2.44. The molecule has 1 N–H and O–H groups in total. The summed E-state index contributed by atoms with van der Waals surface area (Å²) in [5, 5.41) is 10.4. The normalized spacial score (nSPS) is 17.9. The Bertz CT molecular complexity index is 1270. The molecule has 9 heteroatoms. The smallest absolute Gasteiger partial charge is 0.313 e. The molecule has 2 heterocycles. The summed E-state index contributed by atoms with van der Waals surface area (Å²) in [5.41, 5.74) is -0.411. The van der Waals surface area contributed by atoms with Crippen molar-refractivity contribution in [2.24, 2.45) is 5.41 Å². The highest BCUT2D eigenvalue weighted by atomic mass is 16.6. The van der Waals surface area contributed by atoms with Gasteiger partial charge in [0.05, 0.1) is 17.6 Å². The quantitative estimate of drug-likeness (QED) is 0.222. The molecule has 2 aromatic rings. The highest BCUT2D eigenvalue weighted by Crippen LogP contribution is 2.39. The fraction of sp³-hybridized carbons (Fsp3) is 0.469. The summed E-state index contributed by atoms with van der Waals surface area (Å²) in [6, 6.07) is 15.7. The number of aliphatic hydroxyl groups is 1. The zero-order valence-electron chi connectivity index (χ0n) is 24.5. The van der Waals surface area contributed by atoms with Crippen molar-refractivity contribution < 1.29 is 38.4 Å². The maximum Gasteiger partial charge on any atom is 0.313 e. The van der Waals surface area contributed by atoms with Crippen LogP contribution >= 0.6 is 0 Å². The Kier molecular flexibility index (Phi) is 8.61. The number of hydrogen-bond acceptors (Lipinski definition) is 8. The number of aliphatic hydroxyl groups excluding tert-OH is 1. The van der Waals surface area contributed by atoms with Gasteiger partial charge >= 0.3 is 5.97 Å². The molecule has 2 amide bonds. The third-order valence-corrected chi connectivity index (χ3v) is 8.25. The summed E-state index contributed by atoms with van der Waals surface area (Å²) in [6.45, 7) is 11.7. The van der Waals surface area contributed by atoms with E-state index in [2.05, 4.69) is 26.0 Å². The number of rotatable bonds is 13. The van der Waals surface area contributed by atoms with Crippen LogP contribution in [0.25, 0.3) is 0 Å². The molecule has 41 heavy (non-hydrogen) atoms. The third kappa shape index (κ3) is 6.63. The maximum atomic E-state index is 12.9. The molecule has 2 unspecified atom stereocenters. The van der Waals surface area contributed by atoms with Crippen molar-refractivity contribution in [2.75, 3.05) is 26.4 Å². The fourth-order valence-corrected chi connectivity index (χ4v) is 4.53. The first kappa shape index (κ1) is 30.3. The van der Waals surface area contributed by atoms with Crippen LogP contribution in [-0.4, -0.2) is 72.0 Å². The lowest BCUT2D eigenvalue weighted by molar-refractivity contribution is -0.169. The van der Waals surface area contributed by atoms with E-state index in [9.17, 15) is 19.5 Å². The van der Waals surface area contributed by atoms with Crippen molar-refractivity contribution in [3.8, 4) is 11.5 Å². The molecule has 4 rings (SSSR count). The molecule has 0 aromatic heterocycles. The topological polar surface area (TPSA) is 115 Å². The molecule has 0 aliphatic carbocycles. The fourth-order valence-electron chi connectivity index (χ4n) is 4.53. The molecule has 220 valence electrons. The lowest BCUT2D eigenvalue weighted by Crippen LogP contribution is -2.59. The monoisotopic (exact) mass is 565 g/mol. The summed E-state index contributed by atoms with van der Waals surface area (Å²) >= 11 is 0. The van der Waals surface area contributed by atoms with Gasteiger partial charge in [-0.1, -0.05) is 38.1 Å². The van der Waals surface area contributed by atoms with Gasteiger partial charge in [-0.15, -0.1) is 0 Å². The van der Waals surface area contributed by atoms with Gasteiger partial charge in [0.15, 0.2) is 0 Å². The van der Waals surface area contributed by atoms with Crippen molar-refractivity contribution >= 4 is 17.8 Å². The van der Waals surface area contributed by atoms with Crippen LogP contribution in [0.4, 0.5) is 0 Å². The van der Waals surface area contributed by atoms with E-state index >= 15 is 0 Å². The second kappa shape index (κ2) is 11.7. The predicted molar refractivity (Wildman–Crippen MR) is 152 cm³/mol. The average Bonchev–Trinajstić information content (AvgIpc) is 3.71. The van der Waals surface area contributed by atoms with Crippen molar-refractivity contribution in [1.82, 2.24) is 4.90 Å². The first-order valence-electron chi connectivity index (χ1n) is 13.7. The number of esters is 1. The molecule has 0 radical (unpaired) electrons. The Morgan fingerprint density at radius 3 is 1.85 bits per heavy atom. The summed E-state index contributed by atoms with van der Waals surface area (Å²) in [6.07, 6.45) is 1.50. The zero-order valence-corrected chi connectivity index (χ0v) is 24.5. The van der Waals surface area contributed by atoms with E-state index in [1.807, 2.05) is 36.4 Å². The third-order valence-electron chi connectivity index (χ3n) is 8.25. The predicted octanol–water partition coefficient (Wildman–Crippen LogP) is 3.80. The van der Waals surface area contributed by atoms with Crippen LogP contribution in [0.2, 0.25) is 0 Å². The van der Waals surface area contributed by atoms with E-state index in [-0.39, 0.29) is 24.7 Å². The Morgan fingerprint density at radius 1 is 0.878 bits per heavy atom. The number of amides is 2. The standard InChI is InChI=1S/C32H39NO8/c1-30(2,22-9-13-25(14-10-22)39-19-26-20-40-26)21-7-11-24(12-8-21)38-17-23(34)18-41-29(37)31(3,4)32(5,6)33-27(35)15-16-28(33)36/h7-16,23,26,34H,17-20H2,1-6H3. The van der Waals surface area contributed by atoms with Gasteiger partial charge in [-0.05, 0) is 63.1 Å². The highest BCUT2D eigenvalue weighted by Gasteiger charge is 2.52. The van der Waals surface area contributed by atoms with Crippen molar-refractivity contribution in [3.63, 3.8) is 0 Å². The van der Waals surface area contributed by atoms with Crippen LogP contribution in [0.15, 0.2) is 60.7 Å². The molecule has 2 aliphatic heterocycles. The Labute approximate surface area is 241 Å². The molecule has 0 bridgehead atoms.